The second-order valence-corrected chi connectivity index (χ2v) is 5.43. The van der Waals surface area contributed by atoms with Gasteiger partial charge in [-0.05, 0) is 37.3 Å². The third-order valence-corrected chi connectivity index (χ3v) is 3.41. The minimum absolute atomic E-state index is 0.215. The van der Waals surface area contributed by atoms with Crippen LogP contribution in [0.25, 0.3) is 0 Å². The van der Waals surface area contributed by atoms with Crippen molar-refractivity contribution in [3.8, 4) is 0 Å². The Morgan fingerprint density at radius 3 is 2.50 bits per heavy atom. The van der Waals surface area contributed by atoms with E-state index in [1.54, 1.807) is 12.1 Å². The van der Waals surface area contributed by atoms with Crippen LogP contribution in [-0.2, 0) is 4.79 Å². The molecule has 0 radical (unpaired) electrons. The molecule has 104 valence electrons. The van der Waals surface area contributed by atoms with Gasteiger partial charge in [0, 0.05) is 15.7 Å². The van der Waals surface area contributed by atoms with Gasteiger partial charge in [-0.3, -0.25) is 4.79 Å². The Bertz CT molecular complexity index is 628. The van der Waals surface area contributed by atoms with E-state index in [-0.39, 0.29) is 5.56 Å². The van der Waals surface area contributed by atoms with Crippen LogP contribution in [0.15, 0.2) is 46.9 Å². The van der Waals surface area contributed by atoms with E-state index >= 15 is 0 Å². The summed E-state index contributed by atoms with van der Waals surface area (Å²) < 4.78 is 14.6. The summed E-state index contributed by atoms with van der Waals surface area (Å²) in [5.74, 6) is -1.11. The van der Waals surface area contributed by atoms with Gasteiger partial charge >= 0.3 is 0 Å². The van der Waals surface area contributed by atoms with E-state index in [1.165, 1.54) is 6.07 Å². The highest BCUT2D eigenvalue weighted by molar-refractivity contribution is 9.10. The highest BCUT2D eigenvalue weighted by atomic mass is 79.9. The molecule has 1 atom stereocenters. The van der Waals surface area contributed by atoms with E-state index in [1.807, 2.05) is 31.2 Å². The lowest BCUT2D eigenvalue weighted by Gasteiger charge is -2.18. The lowest BCUT2D eigenvalue weighted by molar-refractivity contribution is -0.118. The van der Waals surface area contributed by atoms with Crippen LogP contribution in [0.1, 0.15) is 17.2 Å². The quantitative estimate of drug-likeness (QED) is 0.897. The molecule has 3 nitrogen and oxygen atoms in total. The van der Waals surface area contributed by atoms with Crippen molar-refractivity contribution in [3.63, 3.8) is 0 Å². The largest absolute Gasteiger partial charge is 0.370 e. The first-order valence-corrected chi connectivity index (χ1v) is 6.84. The fourth-order valence-corrected chi connectivity index (χ4v) is 2.23. The average molecular weight is 337 g/mol. The highest BCUT2D eigenvalue weighted by Crippen LogP contribution is 2.25. The topological polar surface area (TPSA) is 55.1 Å². The molecule has 1 unspecified atom stereocenters. The predicted molar refractivity (Wildman–Crippen MR) is 80.8 cm³/mol. The standard InChI is InChI=1S/C15H14BrFN2O/c1-9-2-5-11(6-3-9)19-14(15(18)20)12-8-10(16)4-7-13(12)17/h2-8,14,19H,1H3,(H2,18,20). The Morgan fingerprint density at radius 2 is 1.90 bits per heavy atom. The summed E-state index contributed by atoms with van der Waals surface area (Å²) in [6, 6.07) is 10.9. The fourth-order valence-electron chi connectivity index (χ4n) is 1.85. The highest BCUT2D eigenvalue weighted by Gasteiger charge is 2.21. The van der Waals surface area contributed by atoms with E-state index in [9.17, 15) is 9.18 Å². The van der Waals surface area contributed by atoms with Gasteiger partial charge in [0.05, 0.1) is 0 Å². The molecule has 0 aliphatic carbocycles. The normalized spacial score (nSPS) is 11.9. The maximum atomic E-state index is 13.9. The Morgan fingerprint density at radius 1 is 1.25 bits per heavy atom. The molecule has 2 aromatic carbocycles. The number of carbonyl (C=O) groups is 1. The molecule has 0 spiro atoms. The predicted octanol–water partition coefficient (Wildman–Crippen LogP) is 3.54. The summed E-state index contributed by atoms with van der Waals surface area (Å²) in [5.41, 5.74) is 7.40. The number of nitrogens with two attached hydrogens (primary N) is 1. The molecule has 0 saturated carbocycles. The number of carbonyl (C=O) groups excluding carboxylic acids is 1. The SMILES string of the molecule is Cc1ccc(NC(C(N)=O)c2cc(Br)ccc2F)cc1. The Labute approximate surface area is 125 Å². The van der Waals surface area contributed by atoms with Crippen LogP contribution in [0.4, 0.5) is 10.1 Å². The van der Waals surface area contributed by atoms with E-state index < -0.39 is 17.8 Å². The first-order chi connectivity index (χ1) is 9.47. The molecular formula is C15H14BrFN2O. The molecule has 0 heterocycles. The van der Waals surface area contributed by atoms with Crippen LogP contribution in [0.2, 0.25) is 0 Å². The zero-order chi connectivity index (χ0) is 14.7. The van der Waals surface area contributed by atoms with Gasteiger partial charge in [-0.25, -0.2) is 4.39 Å². The van der Waals surface area contributed by atoms with Crippen molar-refractivity contribution < 1.29 is 9.18 Å². The Kier molecular flexibility index (Phi) is 4.39. The van der Waals surface area contributed by atoms with Crippen molar-refractivity contribution in [2.24, 2.45) is 5.73 Å². The summed E-state index contributed by atoms with van der Waals surface area (Å²) in [5, 5.41) is 2.95. The lowest BCUT2D eigenvalue weighted by Crippen LogP contribution is -2.28. The van der Waals surface area contributed by atoms with Crippen molar-refractivity contribution in [2.45, 2.75) is 13.0 Å². The van der Waals surface area contributed by atoms with E-state index in [2.05, 4.69) is 21.2 Å². The van der Waals surface area contributed by atoms with E-state index in [4.69, 9.17) is 5.73 Å². The lowest BCUT2D eigenvalue weighted by atomic mass is 10.1. The maximum Gasteiger partial charge on any atom is 0.244 e. The van der Waals surface area contributed by atoms with E-state index in [0.717, 1.165) is 5.56 Å². The summed E-state index contributed by atoms with van der Waals surface area (Å²) in [4.78, 5) is 11.6. The van der Waals surface area contributed by atoms with Crippen LogP contribution in [0, 0.1) is 12.7 Å². The zero-order valence-electron chi connectivity index (χ0n) is 10.9. The molecule has 0 fully saturated rings. The number of hydrogen-bond acceptors (Lipinski definition) is 2. The molecule has 0 saturated heterocycles. The van der Waals surface area contributed by atoms with Gasteiger partial charge in [-0.15, -0.1) is 0 Å². The fraction of sp³-hybridized carbons (Fsp3) is 0.133. The molecule has 0 aliphatic rings. The van der Waals surface area contributed by atoms with Crippen molar-refractivity contribution in [2.75, 3.05) is 5.32 Å². The number of benzene rings is 2. The van der Waals surface area contributed by atoms with Gasteiger partial charge < -0.3 is 11.1 Å². The van der Waals surface area contributed by atoms with Gasteiger partial charge in [0.25, 0.3) is 0 Å². The van der Waals surface area contributed by atoms with Gasteiger partial charge in [0.1, 0.15) is 11.9 Å². The van der Waals surface area contributed by atoms with Gasteiger partial charge in [0.15, 0.2) is 0 Å². The maximum absolute atomic E-state index is 13.9. The average Bonchev–Trinajstić information content (AvgIpc) is 2.41. The van der Waals surface area contributed by atoms with Crippen molar-refractivity contribution in [3.05, 3.63) is 63.9 Å². The monoisotopic (exact) mass is 336 g/mol. The first-order valence-electron chi connectivity index (χ1n) is 6.05. The minimum atomic E-state index is -0.921. The number of anilines is 1. The number of nitrogens with one attached hydrogen (secondary N) is 1. The molecule has 0 aromatic heterocycles. The second kappa shape index (κ2) is 6.05. The van der Waals surface area contributed by atoms with Gasteiger partial charge in [-0.2, -0.15) is 0 Å². The number of halogens is 2. The molecule has 20 heavy (non-hydrogen) atoms. The molecular weight excluding hydrogens is 323 g/mol. The second-order valence-electron chi connectivity index (χ2n) is 4.51. The Hall–Kier alpha value is -1.88. The molecule has 1 amide bonds. The van der Waals surface area contributed by atoms with Gasteiger partial charge in [0.2, 0.25) is 5.91 Å². The third kappa shape index (κ3) is 3.36. The smallest absolute Gasteiger partial charge is 0.244 e. The minimum Gasteiger partial charge on any atom is -0.370 e. The summed E-state index contributed by atoms with van der Waals surface area (Å²) in [7, 11) is 0. The van der Waals surface area contributed by atoms with Crippen LogP contribution in [0.5, 0.6) is 0 Å². The van der Waals surface area contributed by atoms with Crippen LogP contribution in [-0.4, -0.2) is 5.91 Å². The number of hydrogen-bond donors (Lipinski definition) is 2. The number of primary amides is 1. The van der Waals surface area contributed by atoms with Crippen LogP contribution < -0.4 is 11.1 Å². The number of aryl methyl sites for hydroxylation is 1. The molecule has 2 aromatic rings. The summed E-state index contributed by atoms with van der Waals surface area (Å²) in [6.07, 6.45) is 0. The van der Waals surface area contributed by atoms with Crippen LogP contribution in [0.3, 0.4) is 0 Å². The summed E-state index contributed by atoms with van der Waals surface area (Å²) >= 11 is 3.26. The van der Waals surface area contributed by atoms with Crippen molar-refractivity contribution in [1.29, 1.82) is 0 Å². The van der Waals surface area contributed by atoms with Crippen LogP contribution >= 0.6 is 15.9 Å². The molecule has 3 N–H and O–H groups in total. The number of rotatable bonds is 4. The Balaban J connectivity index is 2.34. The molecule has 0 aliphatic heterocycles. The van der Waals surface area contributed by atoms with Crippen molar-refractivity contribution in [1.82, 2.24) is 0 Å². The molecule has 5 heteroatoms. The summed E-state index contributed by atoms with van der Waals surface area (Å²) in [6.45, 7) is 1.96. The molecule has 2 rings (SSSR count). The van der Waals surface area contributed by atoms with E-state index in [0.29, 0.717) is 10.2 Å². The van der Waals surface area contributed by atoms with Gasteiger partial charge in [-0.1, -0.05) is 33.6 Å². The zero-order valence-corrected chi connectivity index (χ0v) is 12.4. The van der Waals surface area contributed by atoms with Crippen molar-refractivity contribution >= 4 is 27.5 Å². The first kappa shape index (κ1) is 14.5. The third-order valence-electron chi connectivity index (χ3n) is 2.92. The molecule has 0 bridgehead atoms. The number of amides is 1.